The summed E-state index contributed by atoms with van der Waals surface area (Å²) in [7, 11) is 0. The summed E-state index contributed by atoms with van der Waals surface area (Å²) in [5.41, 5.74) is 23.3. The normalized spacial score (nSPS) is 14.3. The number of hydrogen-bond donors (Lipinski definition) is 0. The van der Waals surface area contributed by atoms with Gasteiger partial charge >= 0.3 is 0 Å². The third kappa shape index (κ3) is 4.74. The minimum Gasteiger partial charge on any atom is -0.0619 e. The molecular weight excluding hydrogens is 817 g/mol. The molecule has 12 aromatic rings. The lowest BCUT2D eigenvalue weighted by atomic mass is 9.70. The smallest absolute Gasteiger partial charge is 0.0619 e. The van der Waals surface area contributed by atoms with E-state index in [4.69, 9.17) is 0 Å². The van der Waals surface area contributed by atoms with Crippen LogP contribution in [0.1, 0.15) is 47.2 Å². The fourth-order valence-electron chi connectivity index (χ4n) is 13.6. The molecule has 0 atom stereocenters. The topological polar surface area (TPSA) is 0 Å². The fourth-order valence-corrected chi connectivity index (χ4v) is 13.6. The summed E-state index contributed by atoms with van der Waals surface area (Å²) < 4.78 is 0. The van der Waals surface area contributed by atoms with Crippen LogP contribution in [-0.2, 0) is 10.8 Å². The van der Waals surface area contributed by atoms with Crippen LogP contribution in [0.25, 0.3) is 110 Å². The molecule has 0 unspecified atom stereocenters. The number of hydrogen-bond acceptors (Lipinski definition) is 0. The monoisotopic (exact) mass is 860 g/mol. The van der Waals surface area contributed by atoms with E-state index in [9.17, 15) is 0 Å². The Labute approximate surface area is 396 Å². The van der Waals surface area contributed by atoms with Crippen LogP contribution in [0.3, 0.4) is 0 Å². The van der Waals surface area contributed by atoms with E-state index in [0.29, 0.717) is 0 Å². The number of fused-ring (bicyclic) bond motifs is 20. The molecule has 0 fully saturated rings. The molecule has 0 heteroatoms. The molecule has 0 amide bonds. The minimum absolute atomic E-state index is 0.153. The Balaban J connectivity index is 0.919. The molecule has 3 aliphatic carbocycles. The van der Waals surface area contributed by atoms with Crippen LogP contribution in [0, 0.1) is 0 Å². The molecule has 68 heavy (non-hydrogen) atoms. The van der Waals surface area contributed by atoms with Crippen molar-refractivity contribution in [3.8, 4) is 66.8 Å². The second-order valence-electron chi connectivity index (χ2n) is 19.8. The predicted molar refractivity (Wildman–Crippen MR) is 287 cm³/mol. The maximum absolute atomic E-state index is 2.54. The summed E-state index contributed by atoms with van der Waals surface area (Å²) in [6.07, 6.45) is 0. The van der Waals surface area contributed by atoms with E-state index in [1.807, 2.05) is 0 Å². The van der Waals surface area contributed by atoms with Crippen molar-refractivity contribution in [1.29, 1.82) is 0 Å². The Bertz CT molecular complexity index is 4040. The first-order valence-corrected chi connectivity index (χ1v) is 24.1. The van der Waals surface area contributed by atoms with Crippen molar-refractivity contribution in [2.24, 2.45) is 0 Å². The first kappa shape index (κ1) is 37.9. The average Bonchev–Trinajstić information content (AvgIpc) is 3.96. The van der Waals surface area contributed by atoms with Crippen molar-refractivity contribution in [3.63, 3.8) is 0 Å². The van der Waals surface area contributed by atoms with Crippen molar-refractivity contribution in [2.75, 3.05) is 0 Å². The zero-order valence-electron chi connectivity index (χ0n) is 37.9. The summed E-state index contributed by atoms with van der Waals surface area (Å²) in [6, 6.07) is 87.3. The molecule has 316 valence electrons. The van der Waals surface area contributed by atoms with Gasteiger partial charge < -0.3 is 0 Å². The van der Waals surface area contributed by atoms with Gasteiger partial charge in [-0.3, -0.25) is 0 Å². The van der Waals surface area contributed by atoms with E-state index < -0.39 is 5.41 Å². The molecule has 0 N–H and O–H groups in total. The van der Waals surface area contributed by atoms with Crippen molar-refractivity contribution >= 4 is 43.1 Å². The zero-order chi connectivity index (χ0) is 44.9. The Kier molecular flexibility index (Phi) is 7.59. The van der Waals surface area contributed by atoms with Crippen LogP contribution < -0.4 is 0 Å². The fraction of sp³-hybridized carbons (Fsp3) is 0.0588. The van der Waals surface area contributed by atoms with Crippen molar-refractivity contribution in [2.45, 2.75) is 24.7 Å². The lowest BCUT2D eigenvalue weighted by Crippen LogP contribution is -2.25. The summed E-state index contributed by atoms with van der Waals surface area (Å²) in [5, 5.41) is 10.4. The van der Waals surface area contributed by atoms with Crippen LogP contribution in [0.15, 0.2) is 231 Å². The maximum atomic E-state index is 2.54. The van der Waals surface area contributed by atoms with E-state index in [1.165, 1.54) is 143 Å². The molecular formula is C68H44. The molecule has 15 rings (SSSR count). The molecule has 0 bridgehead atoms. The van der Waals surface area contributed by atoms with Crippen molar-refractivity contribution in [3.05, 3.63) is 264 Å². The molecule has 3 aliphatic rings. The lowest BCUT2D eigenvalue weighted by Gasteiger charge is -2.30. The first-order valence-electron chi connectivity index (χ1n) is 24.1. The predicted octanol–water partition coefficient (Wildman–Crippen LogP) is 18.0. The number of rotatable bonds is 3. The van der Waals surface area contributed by atoms with E-state index >= 15 is 0 Å². The maximum Gasteiger partial charge on any atom is 0.0725 e. The van der Waals surface area contributed by atoms with Gasteiger partial charge in [0.15, 0.2) is 0 Å². The SMILES string of the molecule is CC1(C)c2cccc(-c3ccc(-c4c5ccccc5c(-c5ccc6c(c5)C5(c7ccccc7-c7ccccc75)c5ccccc5-6)c5ccccc45)cc3)c2-c2c1c1ccccc1c1ccccc21. The Morgan fingerprint density at radius 3 is 1.15 bits per heavy atom. The third-order valence-electron chi connectivity index (χ3n) is 16.2. The first-order chi connectivity index (χ1) is 33.5. The summed E-state index contributed by atoms with van der Waals surface area (Å²) in [6.45, 7) is 4.83. The minimum atomic E-state index is -0.403. The van der Waals surface area contributed by atoms with Crippen molar-refractivity contribution < 1.29 is 0 Å². The molecule has 0 heterocycles. The summed E-state index contributed by atoms with van der Waals surface area (Å²) in [5.74, 6) is 0. The van der Waals surface area contributed by atoms with Crippen LogP contribution in [-0.4, -0.2) is 0 Å². The Morgan fingerprint density at radius 2 is 0.603 bits per heavy atom. The highest BCUT2D eigenvalue weighted by molar-refractivity contribution is 6.22. The Morgan fingerprint density at radius 1 is 0.235 bits per heavy atom. The summed E-state index contributed by atoms with van der Waals surface area (Å²) >= 11 is 0. The average molecular weight is 861 g/mol. The van der Waals surface area contributed by atoms with E-state index in [2.05, 4.69) is 244 Å². The largest absolute Gasteiger partial charge is 0.0725 e. The van der Waals surface area contributed by atoms with Gasteiger partial charge in [0.1, 0.15) is 0 Å². The molecule has 0 saturated heterocycles. The van der Waals surface area contributed by atoms with E-state index in [-0.39, 0.29) is 5.41 Å². The van der Waals surface area contributed by atoms with Gasteiger partial charge in [-0.15, -0.1) is 0 Å². The van der Waals surface area contributed by atoms with Gasteiger partial charge in [0.05, 0.1) is 5.41 Å². The highest BCUT2D eigenvalue weighted by atomic mass is 14.5. The molecule has 0 radical (unpaired) electrons. The molecule has 1 spiro atoms. The quantitative estimate of drug-likeness (QED) is 0.123. The van der Waals surface area contributed by atoms with Gasteiger partial charge in [-0.2, -0.15) is 0 Å². The Hall–Kier alpha value is -8.32. The van der Waals surface area contributed by atoms with E-state index in [0.717, 1.165) is 0 Å². The standard InChI is InChI=1S/C68H44/c1-67(2)60-33-17-29-44(64(60)65-51-23-5-3-18-45(51)46-19-4-10-28-56(46)66(65)67)41-34-36-42(37-35-41)62-52-24-6-8-26-54(52)63(55-27-9-7-25-53(55)62)43-38-39-50-49-22-13-16-32-59(49)68(61(50)40-43)57-30-14-11-20-47(57)48-21-12-15-31-58(48)68/h3-40H,1-2H3. The van der Waals surface area contributed by atoms with Gasteiger partial charge in [-0.1, -0.05) is 238 Å². The van der Waals surface area contributed by atoms with Gasteiger partial charge in [-0.25, -0.2) is 0 Å². The second-order valence-corrected chi connectivity index (χ2v) is 19.8. The van der Waals surface area contributed by atoms with E-state index in [1.54, 1.807) is 0 Å². The van der Waals surface area contributed by atoms with Gasteiger partial charge in [0.25, 0.3) is 0 Å². The van der Waals surface area contributed by atoms with Gasteiger partial charge in [0.2, 0.25) is 0 Å². The van der Waals surface area contributed by atoms with Gasteiger partial charge in [-0.05, 0) is 149 Å². The zero-order valence-corrected chi connectivity index (χ0v) is 37.9. The highest BCUT2D eigenvalue weighted by Gasteiger charge is 2.51. The van der Waals surface area contributed by atoms with Gasteiger partial charge in [0, 0.05) is 5.41 Å². The second kappa shape index (κ2) is 13.6. The summed E-state index contributed by atoms with van der Waals surface area (Å²) in [4.78, 5) is 0. The molecule has 0 nitrogen and oxygen atoms in total. The molecule has 0 aliphatic heterocycles. The van der Waals surface area contributed by atoms with Crippen LogP contribution >= 0.6 is 0 Å². The lowest BCUT2D eigenvalue weighted by molar-refractivity contribution is 0.666. The third-order valence-corrected chi connectivity index (χ3v) is 16.2. The molecule has 12 aromatic carbocycles. The van der Waals surface area contributed by atoms with Crippen molar-refractivity contribution in [1.82, 2.24) is 0 Å². The molecule has 0 saturated carbocycles. The van der Waals surface area contributed by atoms with Crippen LogP contribution in [0.5, 0.6) is 0 Å². The molecule has 0 aromatic heterocycles. The van der Waals surface area contributed by atoms with Crippen LogP contribution in [0.2, 0.25) is 0 Å². The number of benzene rings is 12. The highest BCUT2D eigenvalue weighted by Crippen LogP contribution is 2.63. The van der Waals surface area contributed by atoms with Crippen LogP contribution in [0.4, 0.5) is 0 Å².